The summed E-state index contributed by atoms with van der Waals surface area (Å²) in [6.07, 6.45) is 1.24. The highest BCUT2D eigenvalue weighted by Gasteiger charge is 2.14. The Kier molecular flexibility index (Phi) is 5.32. The molecule has 0 aliphatic heterocycles. The van der Waals surface area contributed by atoms with Gasteiger partial charge in [-0.3, -0.25) is 9.59 Å². The molecule has 0 aliphatic rings. The second-order valence-electron chi connectivity index (χ2n) is 4.40. The number of hydrogen-bond donors (Lipinski definition) is 2. The van der Waals surface area contributed by atoms with Crippen LogP contribution >= 0.6 is 11.6 Å². The van der Waals surface area contributed by atoms with Gasteiger partial charge in [-0.2, -0.15) is 4.73 Å². The van der Waals surface area contributed by atoms with E-state index in [1.165, 1.54) is 18.3 Å². The van der Waals surface area contributed by atoms with Gasteiger partial charge in [-0.1, -0.05) is 23.7 Å². The van der Waals surface area contributed by atoms with E-state index in [0.29, 0.717) is 15.3 Å². The van der Waals surface area contributed by atoms with Crippen LogP contribution in [-0.2, 0) is 0 Å². The lowest BCUT2D eigenvalue weighted by Crippen LogP contribution is -2.41. The van der Waals surface area contributed by atoms with Crippen molar-refractivity contribution in [1.82, 2.24) is 10.6 Å². The minimum atomic E-state index is -0.498. The molecule has 0 radical (unpaired) electrons. The second-order valence-corrected chi connectivity index (χ2v) is 4.81. The molecule has 2 rings (SSSR count). The van der Waals surface area contributed by atoms with E-state index in [4.69, 9.17) is 11.6 Å². The molecule has 0 saturated carbocycles. The third-order valence-electron chi connectivity index (χ3n) is 2.87. The molecule has 6 nitrogen and oxygen atoms in total. The molecule has 2 amide bonds. The predicted octanol–water partition coefficient (Wildman–Crippen LogP) is 1.13. The van der Waals surface area contributed by atoms with Crippen LogP contribution in [0, 0.1) is 5.21 Å². The zero-order valence-electron chi connectivity index (χ0n) is 11.6. The number of benzene rings is 1. The topological polar surface area (TPSA) is 85.1 Å². The molecule has 0 spiro atoms. The zero-order valence-corrected chi connectivity index (χ0v) is 12.3. The van der Waals surface area contributed by atoms with Crippen molar-refractivity contribution < 1.29 is 14.3 Å². The Bertz CT molecular complexity index is 632. The van der Waals surface area contributed by atoms with E-state index < -0.39 is 5.91 Å². The Labute approximate surface area is 132 Å². The van der Waals surface area contributed by atoms with Crippen molar-refractivity contribution >= 4 is 23.4 Å². The molecule has 2 N–H and O–H groups in total. The SMILES string of the molecule is O=C(NCCNC(=O)c1cccc[n+]1[O-])c1ccccc1Cl. The van der Waals surface area contributed by atoms with Gasteiger partial charge >= 0.3 is 5.91 Å². The fraction of sp³-hybridized carbons (Fsp3) is 0.133. The second kappa shape index (κ2) is 7.42. The van der Waals surface area contributed by atoms with E-state index in [-0.39, 0.29) is 24.7 Å². The Morgan fingerprint density at radius 1 is 1.00 bits per heavy atom. The first-order valence-corrected chi connectivity index (χ1v) is 6.96. The summed E-state index contributed by atoms with van der Waals surface area (Å²) < 4.78 is 0.484. The number of carbonyl (C=O) groups excluding carboxylic acids is 2. The van der Waals surface area contributed by atoms with E-state index in [1.807, 2.05) is 0 Å². The summed E-state index contributed by atoms with van der Waals surface area (Å²) in [6, 6.07) is 11.2. The summed E-state index contributed by atoms with van der Waals surface area (Å²) >= 11 is 5.91. The Hall–Kier alpha value is -2.60. The third-order valence-corrected chi connectivity index (χ3v) is 3.20. The number of aromatic nitrogens is 1. The molecule has 2 aromatic rings. The lowest BCUT2D eigenvalue weighted by atomic mass is 10.2. The van der Waals surface area contributed by atoms with Crippen LogP contribution in [0.15, 0.2) is 48.7 Å². The summed E-state index contributed by atoms with van der Waals surface area (Å²) in [5.41, 5.74) is 0.371. The van der Waals surface area contributed by atoms with E-state index in [2.05, 4.69) is 10.6 Å². The molecule has 114 valence electrons. The smallest absolute Gasteiger partial charge is 0.317 e. The summed E-state index contributed by atoms with van der Waals surface area (Å²) in [5, 5.41) is 16.9. The molecule has 1 aromatic heterocycles. The first-order valence-electron chi connectivity index (χ1n) is 6.58. The van der Waals surface area contributed by atoms with Crippen LogP contribution in [0.2, 0.25) is 5.02 Å². The van der Waals surface area contributed by atoms with Crippen LogP contribution < -0.4 is 15.4 Å². The number of amides is 2. The number of halogens is 1. The van der Waals surface area contributed by atoms with Crippen molar-refractivity contribution in [2.45, 2.75) is 0 Å². The number of nitrogens with one attached hydrogen (secondary N) is 2. The van der Waals surface area contributed by atoms with Crippen molar-refractivity contribution in [3.63, 3.8) is 0 Å². The van der Waals surface area contributed by atoms with E-state index in [1.54, 1.807) is 30.3 Å². The highest BCUT2D eigenvalue weighted by Crippen LogP contribution is 2.14. The Morgan fingerprint density at radius 3 is 2.32 bits per heavy atom. The molecule has 22 heavy (non-hydrogen) atoms. The Balaban J connectivity index is 1.80. The van der Waals surface area contributed by atoms with Gasteiger partial charge in [0.2, 0.25) is 0 Å². The van der Waals surface area contributed by atoms with Crippen LogP contribution in [0.1, 0.15) is 20.8 Å². The lowest BCUT2D eigenvalue weighted by Gasteiger charge is -2.08. The zero-order chi connectivity index (χ0) is 15.9. The highest BCUT2D eigenvalue weighted by molar-refractivity contribution is 6.33. The number of hydrogen-bond acceptors (Lipinski definition) is 3. The molecular formula is C15H14ClN3O3. The molecule has 0 saturated heterocycles. The molecule has 1 heterocycles. The number of pyridine rings is 1. The maximum absolute atomic E-state index is 11.9. The highest BCUT2D eigenvalue weighted by atomic mass is 35.5. The van der Waals surface area contributed by atoms with Crippen molar-refractivity contribution in [2.24, 2.45) is 0 Å². The molecule has 7 heteroatoms. The standard InChI is InChI=1S/C15H14ClN3O3/c16-12-6-2-1-5-11(12)14(20)17-8-9-18-15(21)13-7-3-4-10-19(13)22/h1-7,10H,8-9H2,(H,17,20)(H,18,21). The van der Waals surface area contributed by atoms with Gasteiger partial charge in [0.25, 0.3) is 11.6 Å². The maximum Gasteiger partial charge on any atom is 0.317 e. The summed E-state index contributed by atoms with van der Waals surface area (Å²) in [5.74, 6) is -0.818. The van der Waals surface area contributed by atoms with Crippen molar-refractivity contribution in [3.8, 4) is 0 Å². The molecule has 0 bridgehead atoms. The van der Waals surface area contributed by atoms with Gasteiger partial charge < -0.3 is 15.8 Å². The predicted molar refractivity (Wildman–Crippen MR) is 81.5 cm³/mol. The fourth-order valence-corrected chi connectivity index (χ4v) is 2.01. The monoisotopic (exact) mass is 319 g/mol. The molecule has 0 aliphatic carbocycles. The van der Waals surface area contributed by atoms with Gasteiger partial charge in [0.15, 0.2) is 6.20 Å². The lowest BCUT2D eigenvalue weighted by molar-refractivity contribution is -0.607. The van der Waals surface area contributed by atoms with Gasteiger partial charge in [0.1, 0.15) is 0 Å². The van der Waals surface area contributed by atoms with Gasteiger partial charge in [-0.15, -0.1) is 0 Å². The van der Waals surface area contributed by atoms with Gasteiger partial charge in [-0.05, 0) is 18.2 Å². The molecule has 0 atom stereocenters. The summed E-state index contributed by atoms with van der Waals surface area (Å²) in [7, 11) is 0. The first-order chi connectivity index (χ1) is 10.6. The van der Waals surface area contributed by atoms with E-state index in [9.17, 15) is 14.8 Å². The molecular weight excluding hydrogens is 306 g/mol. The third kappa shape index (κ3) is 3.95. The average molecular weight is 320 g/mol. The van der Waals surface area contributed by atoms with Crippen molar-refractivity contribution in [1.29, 1.82) is 0 Å². The first kappa shape index (κ1) is 15.8. The summed E-state index contributed by atoms with van der Waals surface area (Å²) in [4.78, 5) is 23.6. The van der Waals surface area contributed by atoms with Crippen molar-refractivity contribution in [2.75, 3.05) is 13.1 Å². The van der Waals surface area contributed by atoms with Crippen LogP contribution in [0.5, 0.6) is 0 Å². The van der Waals surface area contributed by atoms with Crippen LogP contribution in [-0.4, -0.2) is 24.9 Å². The Morgan fingerprint density at radius 2 is 1.64 bits per heavy atom. The van der Waals surface area contributed by atoms with Crippen molar-refractivity contribution in [3.05, 3.63) is 70.1 Å². The van der Waals surface area contributed by atoms with Crippen LogP contribution in [0.3, 0.4) is 0 Å². The molecule has 0 unspecified atom stereocenters. The minimum absolute atomic E-state index is 0.0000645. The fourth-order valence-electron chi connectivity index (χ4n) is 1.79. The van der Waals surface area contributed by atoms with Crippen LogP contribution in [0.25, 0.3) is 0 Å². The normalized spacial score (nSPS) is 10.0. The van der Waals surface area contributed by atoms with Gasteiger partial charge in [-0.25, -0.2) is 0 Å². The maximum atomic E-state index is 11.9. The van der Waals surface area contributed by atoms with E-state index >= 15 is 0 Å². The average Bonchev–Trinajstić information content (AvgIpc) is 2.52. The van der Waals surface area contributed by atoms with Crippen LogP contribution in [0.4, 0.5) is 0 Å². The van der Waals surface area contributed by atoms with E-state index in [0.717, 1.165) is 0 Å². The quantitative estimate of drug-likeness (QED) is 0.492. The van der Waals surface area contributed by atoms with Gasteiger partial charge in [0.05, 0.1) is 10.6 Å². The summed E-state index contributed by atoms with van der Waals surface area (Å²) in [6.45, 7) is 0.422. The minimum Gasteiger partial charge on any atom is -0.618 e. The molecule has 0 fully saturated rings. The van der Waals surface area contributed by atoms with Gasteiger partial charge in [0, 0.05) is 25.2 Å². The number of rotatable bonds is 5. The number of carbonyl (C=O) groups is 2. The number of nitrogens with zero attached hydrogens (tertiary/aromatic N) is 1. The molecule has 1 aromatic carbocycles. The largest absolute Gasteiger partial charge is 0.618 e.